The molecule has 3 aromatic heterocycles. The van der Waals surface area contributed by atoms with Crippen molar-refractivity contribution < 1.29 is 37.7 Å². The van der Waals surface area contributed by atoms with Crippen LogP contribution in [0.25, 0.3) is 44.0 Å². The molecule has 4 saturated heterocycles. The molecular formula is C53H61F3N10O6. The fourth-order valence-electron chi connectivity index (χ4n) is 11.9. The molecule has 19 heteroatoms. The number of nitrogens with zero attached hydrogens (tertiary/aromatic N) is 9. The van der Waals surface area contributed by atoms with E-state index in [1.165, 1.54) is 29.0 Å². The number of hydrogen-bond acceptors (Lipinski definition) is 13. The van der Waals surface area contributed by atoms with Gasteiger partial charge in [0.2, 0.25) is 11.8 Å². The van der Waals surface area contributed by atoms with Gasteiger partial charge in [-0.05, 0) is 105 Å². The van der Waals surface area contributed by atoms with Gasteiger partial charge in [-0.25, -0.2) is 18.0 Å². The van der Waals surface area contributed by atoms with Crippen molar-refractivity contribution in [1.82, 2.24) is 39.2 Å². The number of anilines is 2. The van der Waals surface area contributed by atoms with E-state index in [1.54, 1.807) is 24.6 Å². The lowest BCUT2D eigenvalue weighted by atomic mass is 9.91. The number of nitrogens with one attached hydrogen (secondary N) is 1. The van der Waals surface area contributed by atoms with Crippen LogP contribution in [-0.4, -0.2) is 139 Å². The van der Waals surface area contributed by atoms with E-state index in [-0.39, 0.29) is 71.5 Å². The van der Waals surface area contributed by atoms with Gasteiger partial charge in [0.1, 0.15) is 40.3 Å². The Morgan fingerprint density at radius 2 is 1.67 bits per heavy atom. The first-order chi connectivity index (χ1) is 34.5. The van der Waals surface area contributed by atoms with Crippen molar-refractivity contribution in [2.75, 3.05) is 81.9 Å². The zero-order chi connectivity index (χ0) is 50.3. The average Bonchev–Trinajstić information content (AvgIpc) is 4.08. The van der Waals surface area contributed by atoms with Crippen molar-refractivity contribution in [2.24, 2.45) is 12.5 Å². The van der Waals surface area contributed by atoms with E-state index in [4.69, 9.17) is 9.72 Å². The smallest absolute Gasteiger partial charge is 0.329 e. The fraction of sp³-hybridized carbons (Fsp3) is 0.509. The summed E-state index contributed by atoms with van der Waals surface area (Å²) in [5, 5.41) is 25.5. The first-order valence-electron chi connectivity index (χ1n) is 25.3. The van der Waals surface area contributed by atoms with Crippen LogP contribution in [0, 0.1) is 17.0 Å². The first kappa shape index (κ1) is 48.0. The van der Waals surface area contributed by atoms with Crippen LogP contribution in [0.4, 0.5) is 24.7 Å². The van der Waals surface area contributed by atoms with Crippen molar-refractivity contribution in [3.8, 4) is 23.0 Å². The predicted octanol–water partition coefficient (Wildman–Crippen LogP) is 6.16. The van der Waals surface area contributed by atoms with Crippen molar-refractivity contribution in [3.63, 3.8) is 0 Å². The third-order valence-electron chi connectivity index (χ3n) is 16.0. The van der Waals surface area contributed by atoms with Crippen LogP contribution in [-0.2, 0) is 23.1 Å². The molecule has 2 amide bonds. The number of halogens is 3. The summed E-state index contributed by atoms with van der Waals surface area (Å²) in [4.78, 5) is 60.8. The summed E-state index contributed by atoms with van der Waals surface area (Å²) < 4.78 is 58.5. The molecule has 3 N–H and O–H groups in total. The predicted molar refractivity (Wildman–Crippen MR) is 267 cm³/mol. The number of rotatable bonds is 12. The van der Waals surface area contributed by atoms with Crippen LogP contribution >= 0.6 is 0 Å². The van der Waals surface area contributed by atoms with Gasteiger partial charge in [-0.1, -0.05) is 19.1 Å². The second kappa shape index (κ2) is 18.3. The summed E-state index contributed by atoms with van der Waals surface area (Å²) in [7, 11) is 1.70. The number of aryl methyl sites for hydroxylation is 2. The van der Waals surface area contributed by atoms with Gasteiger partial charge in [0.05, 0.1) is 34.3 Å². The number of β-amino-alcohol motifs (C(OH)–C–C–N with tert-alkyl or cyclic N) is 1. The summed E-state index contributed by atoms with van der Waals surface area (Å²) in [6.45, 7) is 9.50. The largest absolute Gasteiger partial charge is 0.508 e. The number of aromatic hydroxyl groups is 1. The number of carbonyl (C=O) groups excluding carboxylic acids is 2. The van der Waals surface area contributed by atoms with Crippen LogP contribution in [0.15, 0.2) is 53.5 Å². The summed E-state index contributed by atoms with van der Waals surface area (Å²) in [6, 6.07) is 10.7. The van der Waals surface area contributed by atoms with Crippen LogP contribution in [0.5, 0.6) is 11.8 Å². The number of amides is 2. The topological polar surface area (TPSA) is 174 Å². The highest BCUT2D eigenvalue weighted by molar-refractivity contribution is 6.02. The second-order valence-corrected chi connectivity index (χ2v) is 21.3. The SMILES string of the molecule is CCc1c(F)ccc2cc(O)cc(-c3ncc4c(N5CCC[C@@](C)(O)C5)nc(OCC5(CN6CCC(F)(CN7CCN(c8cccc9c8n(C)c(=O)n9C8CCC(=O)NC8=O)CC7)CC6)CC5)nc4c3F)c12. The van der Waals surface area contributed by atoms with Gasteiger partial charge >= 0.3 is 11.7 Å². The summed E-state index contributed by atoms with van der Waals surface area (Å²) in [6.07, 6.45) is 6.14. The number of pyridine rings is 1. The minimum atomic E-state index is -1.35. The number of benzene rings is 3. The lowest BCUT2D eigenvalue weighted by Crippen LogP contribution is -2.54. The Balaban J connectivity index is 0.756. The number of ether oxygens (including phenoxy) is 1. The second-order valence-electron chi connectivity index (χ2n) is 21.3. The lowest BCUT2D eigenvalue weighted by molar-refractivity contribution is -0.135. The molecule has 3 aromatic carbocycles. The third-order valence-corrected chi connectivity index (χ3v) is 16.0. The van der Waals surface area contributed by atoms with Crippen LogP contribution < -0.4 is 25.5 Å². The van der Waals surface area contributed by atoms with E-state index in [0.717, 1.165) is 24.0 Å². The van der Waals surface area contributed by atoms with E-state index < -0.39 is 34.9 Å². The Morgan fingerprint density at radius 3 is 2.39 bits per heavy atom. The number of aromatic nitrogens is 5. The highest BCUT2D eigenvalue weighted by Gasteiger charge is 2.47. The zero-order valence-corrected chi connectivity index (χ0v) is 41.0. The molecule has 1 aliphatic carbocycles. The maximum Gasteiger partial charge on any atom is 0.329 e. The molecule has 0 radical (unpaired) electrons. The molecule has 11 rings (SSSR count). The number of alkyl halides is 1. The molecule has 380 valence electrons. The normalized spacial score (nSPS) is 22.8. The van der Waals surface area contributed by atoms with E-state index in [2.05, 4.69) is 30.0 Å². The monoisotopic (exact) mass is 990 g/mol. The molecule has 5 aliphatic rings. The number of piperazine rings is 1. The number of phenols is 1. The van der Waals surface area contributed by atoms with Crippen molar-refractivity contribution >= 4 is 56.0 Å². The molecule has 0 spiro atoms. The standard InChI is InChI=1S/C53H61F3N10O6/c1-4-34-37(54)10-9-32-25-33(67)26-35(42(32)34)44-43(55)45-36(27-57-44)47(65-18-6-13-51(2,71)28-65)60-49(59-45)72-31-52(14-15-52)29-62-19-16-53(56,17-20-62)30-63-21-23-64(24-22-63)38-7-5-8-39-46(38)61(3)50(70)66(39)40-11-12-41(68)58-48(40)69/h5,7-10,25-27,40,67,71H,4,6,11-24,28-31H2,1-3H3,(H,58,68,69)/t40?,51-/m1/s1. The molecule has 6 aromatic rings. The molecule has 2 atom stereocenters. The van der Waals surface area contributed by atoms with Crippen LogP contribution in [0.1, 0.15) is 76.8 Å². The third kappa shape index (κ3) is 8.90. The maximum absolute atomic E-state index is 17.2. The number of para-hydroxylation sites is 1. The Morgan fingerprint density at radius 1 is 0.903 bits per heavy atom. The van der Waals surface area contributed by atoms with Crippen molar-refractivity contribution in [3.05, 3.63) is 76.3 Å². The van der Waals surface area contributed by atoms with Gasteiger partial charge in [-0.2, -0.15) is 9.97 Å². The molecule has 4 aliphatic heterocycles. The highest BCUT2D eigenvalue weighted by atomic mass is 19.1. The lowest BCUT2D eigenvalue weighted by Gasteiger charge is -2.43. The quantitative estimate of drug-likeness (QED) is 0.119. The van der Waals surface area contributed by atoms with Gasteiger partial charge in [0.25, 0.3) is 0 Å². The van der Waals surface area contributed by atoms with Crippen molar-refractivity contribution in [1.29, 1.82) is 0 Å². The highest BCUT2D eigenvalue weighted by Crippen LogP contribution is 2.48. The van der Waals surface area contributed by atoms with Gasteiger partial charge in [-0.3, -0.25) is 33.9 Å². The number of imidazole rings is 1. The van der Waals surface area contributed by atoms with E-state index in [9.17, 15) is 24.6 Å². The van der Waals surface area contributed by atoms with Gasteiger partial charge < -0.3 is 29.6 Å². The number of fused-ring (bicyclic) bond motifs is 3. The van der Waals surface area contributed by atoms with Crippen LogP contribution in [0.3, 0.4) is 0 Å². The number of imide groups is 1. The summed E-state index contributed by atoms with van der Waals surface area (Å²) in [5.41, 5.74) is -0.144. The molecule has 1 unspecified atom stereocenters. The number of carbonyl (C=O) groups is 2. The molecule has 72 heavy (non-hydrogen) atoms. The molecule has 5 fully saturated rings. The maximum atomic E-state index is 17.2. The summed E-state index contributed by atoms with van der Waals surface area (Å²) >= 11 is 0. The number of likely N-dealkylation sites (tertiary alicyclic amines) is 1. The fourth-order valence-corrected chi connectivity index (χ4v) is 11.9. The zero-order valence-electron chi connectivity index (χ0n) is 41.0. The molecule has 7 heterocycles. The minimum absolute atomic E-state index is 0.0148. The van der Waals surface area contributed by atoms with Crippen molar-refractivity contribution in [2.45, 2.75) is 88.9 Å². The summed E-state index contributed by atoms with van der Waals surface area (Å²) in [5.74, 6) is -1.73. The van der Waals surface area contributed by atoms with Crippen LogP contribution in [0.2, 0.25) is 0 Å². The number of hydrogen-bond donors (Lipinski definition) is 3. The van der Waals surface area contributed by atoms with Gasteiger partial charge in [0, 0.05) is 96.1 Å². The minimum Gasteiger partial charge on any atom is -0.508 e. The Hall–Kier alpha value is -6.31. The average molecular weight is 991 g/mol. The molecule has 16 nitrogen and oxygen atoms in total. The number of aliphatic hydroxyl groups is 1. The Bertz CT molecular complexity index is 3190. The molecule has 1 saturated carbocycles. The van der Waals surface area contributed by atoms with Gasteiger partial charge in [0.15, 0.2) is 5.82 Å². The first-order valence-corrected chi connectivity index (χ1v) is 25.3. The van der Waals surface area contributed by atoms with E-state index in [1.807, 2.05) is 30.0 Å². The molecular weight excluding hydrogens is 930 g/mol. The van der Waals surface area contributed by atoms with E-state index >= 15 is 13.2 Å². The molecule has 0 bridgehead atoms. The Kier molecular flexibility index (Phi) is 12.2. The number of phenolic OH excluding ortho intramolecular Hbond substituents is 1. The van der Waals surface area contributed by atoms with Gasteiger partial charge in [-0.15, -0.1) is 0 Å². The Labute approximate surface area is 414 Å². The van der Waals surface area contributed by atoms with E-state index in [0.29, 0.717) is 124 Å². The number of piperidine rings is 3.